The van der Waals surface area contributed by atoms with Crippen molar-refractivity contribution in [1.82, 2.24) is 5.16 Å². The molecule has 0 unspecified atom stereocenters. The fourth-order valence-electron chi connectivity index (χ4n) is 2.35. The molecule has 0 saturated heterocycles. The van der Waals surface area contributed by atoms with Crippen LogP contribution >= 0.6 is 0 Å². The molecule has 1 heterocycles. The highest BCUT2D eigenvalue weighted by Gasteiger charge is 2.17. The highest BCUT2D eigenvalue weighted by molar-refractivity contribution is 5.87. The van der Waals surface area contributed by atoms with Crippen LogP contribution in [0.2, 0.25) is 0 Å². The van der Waals surface area contributed by atoms with Crippen LogP contribution in [-0.2, 0) is 0 Å². The predicted molar refractivity (Wildman–Crippen MR) is 83.1 cm³/mol. The summed E-state index contributed by atoms with van der Waals surface area (Å²) in [5.74, 6) is 1.09. The standard InChI is InChI=1S/C17H16N2O2/c1-11-5-3-6-12(9-11)15-16(19-21-17(15)18)13-7-4-8-14(10-13)20-2/h3-10H,18H2,1-2H3. The van der Waals surface area contributed by atoms with Crippen LogP contribution in [0.15, 0.2) is 53.1 Å². The fraction of sp³-hybridized carbons (Fsp3) is 0.118. The molecule has 0 aliphatic rings. The largest absolute Gasteiger partial charge is 0.497 e. The maximum Gasteiger partial charge on any atom is 0.230 e. The first-order valence-electron chi connectivity index (χ1n) is 6.65. The number of anilines is 1. The zero-order valence-electron chi connectivity index (χ0n) is 12.0. The SMILES string of the molecule is COc1cccc(-c2noc(N)c2-c2cccc(C)c2)c1. The van der Waals surface area contributed by atoms with Gasteiger partial charge in [-0.25, -0.2) is 0 Å². The minimum Gasteiger partial charge on any atom is -0.497 e. The van der Waals surface area contributed by atoms with Crippen LogP contribution in [0.3, 0.4) is 0 Å². The lowest BCUT2D eigenvalue weighted by Crippen LogP contribution is -1.89. The summed E-state index contributed by atoms with van der Waals surface area (Å²) in [6.45, 7) is 2.04. The van der Waals surface area contributed by atoms with Crippen LogP contribution in [0.25, 0.3) is 22.4 Å². The third-order valence-corrected chi connectivity index (χ3v) is 3.37. The molecule has 21 heavy (non-hydrogen) atoms. The van der Waals surface area contributed by atoms with Crippen molar-refractivity contribution >= 4 is 5.88 Å². The van der Waals surface area contributed by atoms with Crippen LogP contribution in [0, 0.1) is 6.92 Å². The van der Waals surface area contributed by atoms with Crippen molar-refractivity contribution in [3.63, 3.8) is 0 Å². The molecular weight excluding hydrogens is 264 g/mol. The zero-order valence-corrected chi connectivity index (χ0v) is 12.0. The van der Waals surface area contributed by atoms with Crippen molar-refractivity contribution in [2.45, 2.75) is 6.92 Å². The molecule has 2 N–H and O–H groups in total. The normalized spacial score (nSPS) is 10.6. The molecular formula is C17H16N2O2. The Morgan fingerprint density at radius 3 is 2.57 bits per heavy atom. The monoisotopic (exact) mass is 280 g/mol. The topological polar surface area (TPSA) is 61.3 Å². The molecule has 106 valence electrons. The van der Waals surface area contributed by atoms with Gasteiger partial charge in [0.15, 0.2) is 0 Å². The number of nitrogens with two attached hydrogens (primary N) is 1. The number of hydrogen-bond acceptors (Lipinski definition) is 4. The third kappa shape index (κ3) is 2.48. The van der Waals surface area contributed by atoms with E-state index in [1.165, 1.54) is 0 Å². The van der Waals surface area contributed by atoms with Crippen LogP contribution in [0.4, 0.5) is 5.88 Å². The Morgan fingerprint density at radius 2 is 1.81 bits per heavy atom. The molecule has 0 atom stereocenters. The van der Waals surface area contributed by atoms with Gasteiger partial charge in [0.1, 0.15) is 11.4 Å². The molecule has 3 rings (SSSR count). The quantitative estimate of drug-likeness (QED) is 0.790. The molecule has 0 radical (unpaired) electrons. The third-order valence-electron chi connectivity index (χ3n) is 3.37. The summed E-state index contributed by atoms with van der Waals surface area (Å²) in [7, 11) is 1.64. The van der Waals surface area contributed by atoms with Crippen LogP contribution in [0.1, 0.15) is 5.56 Å². The zero-order chi connectivity index (χ0) is 14.8. The smallest absolute Gasteiger partial charge is 0.230 e. The number of benzene rings is 2. The Balaban J connectivity index is 2.17. The minimum atomic E-state index is 0.318. The molecule has 4 heteroatoms. The first kappa shape index (κ1) is 13.2. The molecule has 0 fully saturated rings. The maximum absolute atomic E-state index is 5.97. The molecule has 4 nitrogen and oxygen atoms in total. The van der Waals surface area contributed by atoms with Crippen molar-refractivity contribution in [2.24, 2.45) is 0 Å². The second kappa shape index (κ2) is 5.32. The average molecular weight is 280 g/mol. The molecule has 0 saturated carbocycles. The van der Waals surface area contributed by atoms with E-state index in [1.54, 1.807) is 7.11 Å². The molecule has 3 aromatic rings. The summed E-state index contributed by atoms with van der Waals surface area (Å²) in [5, 5.41) is 4.11. The molecule has 0 aliphatic carbocycles. The lowest BCUT2D eigenvalue weighted by molar-refractivity contribution is 0.415. The van der Waals surface area contributed by atoms with Crippen molar-refractivity contribution in [3.8, 4) is 28.1 Å². The molecule has 1 aromatic heterocycles. The van der Waals surface area contributed by atoms with Crippen LogP contribution in [-0.4, -0.2) is 12.3 Å². The first-order valence-corrected chi connectivity index (χ1v) is 6.65. The average Bonchev–Trinajstić information content (AvgIpc) is 2.89. The number of rotatable bonds is 3. The number of methoxy groups -OCH3 is 1. The van der Waals surface area contributed by atoms with E-state index in [1.807, 2.05) is 49.4 Å². The van der Waals surface area contributed by atoms with Gasteiger partial charge < -0.3 is 15.0 Å². The van der Waals surface area contributed by atoms with Gasteiger partial charge in [-0.1, -0.05) is 47.1 Å². The van der Waals surface area contributed by atoms with E-state index >= 15 is 0 Å². The Hall–Kier alpha value is -2.75. The van der Waals surface area contributed by atoms with Gasteiger partial charge in [0.05, 0.1) is 12.7 Å². The van der Waals surface area contributed by atoms with Crippen molar-refractivity contribution in [2.75, 3.05) is 12.8 Å². The van der Waals surface area contributed by atoms with Gasteiger partial charge in [-0.05, 0) is 24.6 Å². The van der Waals surface area contributed by atoms with E-state index in [4.69, 9.17) is 15.0 Å². The number of hydrogen-bond donors (Lipinski definition) is 1. The maximum atomic E-state index is 5.97. The van der Waals surface area contributed by atoms with E-state index in [-0.39, 0.29) is 0 Å². The Morgan fingerprint density at radius 1 is 1.05 bits per heavy atom. The Labute approximate surface area is 123 Å². The Bertz CT molecular complexity index is 778. The van der Waals surface area contributed by atoms with Crippen molar-refractivity contribution in [3.05, 3.63) is 54.1 Å². The molecule has 0 amide bonds. The first-order chi connectivity index (χ1) is 10.2. The van der Waals surface area contributed by atoms with Crippen LogP contribution in [0.5, 0.6) is 5.75 Å². The lowest BCUT2D eigenvalue weighted by Gasteiger charge is -2.05. The van der Waals surface area contributed by atoms with Gasteiger partial charge in [-0.15, -0.1) is 0 Å². The number of ether oxygens (including phenoxy) is 1. The van der Waals surface area contributed by atoms with Gasteiger partial charge in [-0.3, -0.25) is 0 Å². The van der Waals surface area contributed by atoms with Crippen molar-refractivity contribution in [1.29, 1.82) is 0 Å². The van der Waals surface area contributed by atoms with E-state index < -0.39 is 0 Å². The second-order valence-electron chi connectivity index (χ2n) is 4.87. The van der Waals surface area contributed by atoms with E-state index in [0.29, 0.717) is 5.88 Å². The molecule has 0 bridgehead atoms. The molecule has 0 spiro atoms. The number of aromatic nitrogens is 1. The minimum absolute atomic E-state index is 0.318. The number of aryl methyl sites for hydroxylation is 1. The van der Waals surface area contributed by atoms with Gasteiger partial charge in [0.25, 0.3) is 0 Å². The lowest BCUT2D eigenvalue weighted by atomic mass is 9.99. The van der Waals surface area contributed by atoms with Crippen molar-refractivity contribution < 1.29 is 9.26 Å². The van der Waals surface area contributed by atoms with E-state index in [0.717, 1.165) is 33.7 Å². The molecule has 0 aliphatic heterocycles. The molecule has 2 aromatic carbocycles. The summed E-state index contributed by atoms with van der Waals surface area (Å²) in [5.41, 5.74) is 10.6. The number of nitrogens with zero attached hydrogens (tertiary/aromatic N) is 1. The Kier molecular flexibility index (Phi) is 3.36. The second-order valence-corrected chi connectivity index (χ2v) is 4.87. The fourth-order valence-corrected chi connectivity index (χ4v) is 2.35. The summed E-state index contributed by atoms with van der Waals surface area (Å²) in [6.07, 6.45) is 0. The highest BCUT2D eigenvalue weighted by atomic mass is 16.5. The van der Waals surface area contributed by atoms with E-state index in [9.17, 15) is 0 Å². The van der Waals surface area contributed by atoms with Gasteiger partial charge in [-0.2, -0.15) is 0 Å². The number of nitrogen functional groups attached to an aromatic ring is 1. The van der Waals surface area contributed by atoms with Crippen LogP contribution < -0.4 is 10.5 Å². The van der Waals surface area contributed by atoms with Gasteiger partial charge in [0, 0.05) is 5.56 Å². The van der Waals surface area contributed by atoms with E-state index in [2.05, 4.69) is 11.2 Å². The summed E-state index contributed by atoms with van der Waals surface area (Å²) in [4.78, 5) is 0. The highest BCUT2D eigenvalue weighted by Crippen LogP contribution is 2.37. The summed E-state index contributed by atoms with van der Waals surface area (Å²) >= 11 is 0. The summed E-state index contributed by atoms with van der Waals surface area (Å²) < 4.78 is 10.5. The van der Waals surface area contributed by atoms with Gasteiger partial charge >= 0.3 is 0 Å². The predicted octanol–water partition coefficient (Wildman–Crippen LogP) is 3.91. The summed E-state index contributed by atoms with van der Waals surface area (Å²) in [6, 6.07) is 15.8. The van der Waals surface area contributed by atoms with Gasteiger partial charge in [0.2, 0.25) is 5.88 Å².